The number of carboxylic acid groups (broad SMARTS) is 2. The Bertz CT molecular complexity index is 548. The Hall–Kier alpha value is -2.12. The van der Waals surface area contributed by atoms with Gasteiger partial charge in [0.25, 0.3) is 0 Å². The number of hydrogen-bond acceptors (Lipinski definition) is 5. The zero-order valence-electron chi connectivity index (χ0n) is 15.3. The van der Waals surface area contributed by atoms with Gasteiger partial charge in [-0.1, -0.05) is 26.0 Å². The van der Waals surface area contributed by atoms with E-state index in [4.69, 9.17) is 15.9 Å². The molecule has 0 aliphatic carbocycles. The van der Waals surface area contributed by atoms with Crippen molar-refractivity contribution in [3.8, 4) is 5.75 Å². The molecule has 0 aliphatic rings. The second kappa shape index (κ2) is 11.4. The topological polar surface area (TPSA) is 124 Å². The van der Waals surface area contributed by atoms with Crippen LogP contribution in [0.4, 0.5) is 0 Å². The van der Waals surface area contributed by atoms with Gasteiger partial charge in [0.05, 0.1) is 6.42 Å². The number of aromatic hydroxyl groups is 1. The van der Waals surface area contributed by atoms with Crippen LogP contribution in [0.5, 0.6) is 5.75 Å². The van der Waals surface area contributed by atoms with Crippen LogP contribution in [0.3, 0.4) is 0 Å². The maximum absolute atomic E-state index is 9.85. The van der Waals surface area contributed by atoms with Gasteiger partial charge in [-0.05, 0) is 50.0 Å². The summed E-state index contributed by atoms with van der Waals surface area (Å²) in [6, 6.07) is 6.37. The van der Waals surface area contributed by atoms with Gasteiger partial charge in [0.15, 0.2) is 0 Å². The van der Waals surface area contributed by atoms with E-state index in [-0.39, 0.29) is 0 Å². The summed E-state index contributed by atoms with van der Waals surface area (Å²) >= 11 is 0. The van der Waals surface area contributed by atoms with Crippen molar-refractivity contribution in [2.24, 2.45) is 11.7 Å². The zero-order valence-corrected chi connectivity index (χ0v) is 15.3. The number of hydrogen-bond donors (Lipinski definition) is 4. The standard InChI is InChI=1S/C14H23NO.C4H7NO4/c1-5-14(11(2)10-15(3)4)12-7-6-8-13(16)9-12;5-2(4(8)9)1-3(6)7/h6-9,11,14,16H,5,10H2,1-4H3;2H,1,5H2,(H,6,7)(H,8,9)/t11-,14+;/m0./s1. The molecule has 0 fully saturated rings. The lowest BCUT2D eigenvalue weighted by Gasteiger charge is -2.26. The number of phenolic OH excluding ortho intramolecular Hbond substituents is 1. The van der Waals surface area contributed by atoms with Crippen molar-refractivity contribution in [2.75, 3.05) is 20.6 Å². The molecule has 0 bridgehead atoms. The van der Waals surface area contributed by atoms with Crippen LogP contribution < -0.4 is 5.73 Å². The van der Waals surface area contributed by atoms with E-state index < -0.39 is 24.4 Å². The number of benzene rings is 1. The minimum atomic E-state index is -1.29. The normalized spacial score (nSPS) is 14.2. The molecule has 1 rings (SSSR count). The molecule has 1 aromatic carbocycles. The van der Waals surface area contributed by atoms with E-state index >= 15 is 0 Å². The van der Waals surface area contributed by atoms with Crippen LogP contribution in [0.15, 0.2) is 24.3 Å². The van der Waals surface area contributed by atoms with Crippen LogP contribution in [0.1, 0.15) is 38.2 Å². The van der Waals surface area contributed by atoms with Crippen molar-refractivity contribution in [3.63, 3.8) is 0 Å². The highest BCUT2D eigenvalue weighted by Crippen LogP contribution is 2.30. The van der Waals surface area contributed by atoms with Crippen LogP contribution in [0.25, 0.3) is 0 Å². The van der Waals surface area contributed by atoms with E-state index in [2.05, 4.69) is 38.9 Å². The number of nitrogens with two attached hydrogens (primary N) is 1. The average molecular weight is 354 g/mol. The van der Waals surface area contributed by atoms with Crippen LogP contribution in [0, 0.1) is 5.92 Å². The maximum Gasteiger partial charge on any atom is 0.321 e. The molecule has 0 saturated carbocycles. The molecule has 7 heteroatoms. The number of phenols is 1. The van der Waals surface area contributed by atoms with E-state index in [9.17, 15) is 14.7 Å². The molecule has 1 aromatic rings. The van der Waals surface area contributed by atoms with Gasteiger partial charge in [-0.25, -0.2) is 0 Å². The summed E-state index contributed by atoms with van der Waals surface area (Å²) in [5, 5.41) is 25.5. The fraction of sp³-hybridized carbons (Fsp3) is 0.556. The van der Waals surface area contributed by atoms with Crippen molar-refractivity contribution in [2.45, 2.75) is 38.6 Å². The Balaban J connectivity index is 0.000000547. The van der Waals surface area contributed by atoms with Crippen LogP contribution in [-0.4, -0.2) is 58.8 Å². The molecule has 0 aromatic heterocycles. The Morgan fingerprint density at radius 2 is 1.84 bits per heavy atom. The van der Waals surface area contributed by atoms with Gasteiger partial charge in [0.2, 0.25) is 0 Å². The molecule has 0 heterocycles. The summed E-state index contributed by atoms with van der Waals surface area (Å²) in [6.07, 6.45) is 0.577. The van der Waals surface area contributed by atoms with Crippen LogP contribution >= 0.6 is 0 Å². The molecule has 0 amide bonds. The smallest absolute Gasteiger partial charge is 0.321 e. The summed E-state index contributed by atoms with van der Waals surface area (Å²) in [7, 11) is 4.21. The second-order valence-electron chi connectivity index (χ2n) is 6.39. The fourth-order valence-electron chi connectivity index (χ4n) is 2.70. The van der Waals surface area contributed by atoms with Crippen molar-refractivity contribution < 1.29 is 24.9 Å². The Kier molecular flexibility index (Phi) is 10.5. The lowest BCUT2D eigenvalue weighted by Crippen LogP contribution is -2.32. The summed E-state index contributed by atoms with van der Waals surface area (Å²) in [6.45, 7) is 5.56. The number of nitrogens with zero attached hydrogens (tertiary/aromatic N) is 1. The summed E-state index contributed by atoms with van der Waals surface area (Å²) in [5.41, 5.74) is 6.08. The van der Waals surface area contributed by atoms with Crippen LogP contribution in [0.2, 0.25) is 0 Å². The van der Waals surface area contributed by atoms with Crippen molar-refractivity contribution in [3.05, 3.63) is 29.8 Å². The lowest BCUT2D eigenvalue weighted by atomic mass is 9.85. The third-order valence-electron chi connectivity index (χ3n) is 3.79. The number of rotatable bonds is 8. The predicted molar refractivity (Wildman–Crippen MR) is 96.7 cm³/mol. The first-order valence-electron chi connectivity index (χ1n) is 8.22. The average Bonchev–Trinajstić information content (AvgIpc) is 2.47. The molecule has 1 unspecified atom stereocenters. The fourth-order valence-corrected chi connectivity index (χ4v) is 2.70. The maximum atomic E-state index is 9.85. The highest BCUT2D eigenvalue weighted by atomic mass is 16.4. The molecular formula is C18H30N2O5. The van der Waals surface area contributed by atoms with E-state index in [1.165, 1.54) is 5.56 Å². The number of carboxylic acids is 2. The SMILES string of the molecule is CC[C@@H](c1cccc(O)c1)[C@@H](C)CN(C)C.NC(CC(=O)O)C(=O)O. The predicted octanol–water partition coefficient (Wildman–Crippen LogP) is 1.96. The quantitative estimate of drug-likeness (QED) is 0.562. The lowest BCUT2D eigenvalue weighted by molar-refractivity contribution is -0.144. The molecular weight excluding hydrogens is 324 g/mol. The van der Waals surface area contributed by atoms with Gasteiger partial charge >= 0.3 is 11.9 Å². The number of aliphatic carboxylic acids is 2. The Morgan fingerprint density at radius 1 is 1.24 bits per heavy atom. The summed E-state index contributed by atoms with van der Waals surface area (Å²) in [5.74, 6) is -1.01. The first-order chi connectivity index (χ1) is 11.6. The minimum Gasteiger partial charge on any atom is -0.508 e. The molecule has 0 saturated heterocycles. The van der Waals surface area contributed by atoms with E-state index in [1.807, 2.05) is 12.1 Å². The molecule has 7 nitrogen and oxygen atoms in total. The third kappa shape index (κ3) is 9.69. The molecule has 142 valence electrons. The van der Waals surface area contributed by atoms with Gasteiger partial charge in [-0.2, -0.15) is 0 Å². The third-order valence-corrected chi connectivity index (χ3v) is 3.79. The first-order valence-corrected chi connectivity index (χ1v) is 8.22. The minimum absolute atomic E-state index is 0.369. The molecule has 0 aliphatic heterocycles. The zero-order chi connectivity index (χ0) is 19.6. The van der Waals surface area contributed by atoms with Crippen LogP contribution in [-0.2, 0) is 9.59 Å². The molecule has 0 spiro atoms. The van der Waals surface area contributed by atoms with Crippen molar-refractivity contribution in [1.29, 1.82) is 0 Å². The molecule has 3 atom stereocenters. The second-order valence-corrected chi connectivity index (χ2v) is 6.39. The van der Waals surface area contributed by atoms with Gasteiger partial charge < -0.3 is 26.0 Å². The van der Waals surface area contributed by atoms with E-state index in [0.29, 0.717) is 17.6 Å². The highest BCUT2D eigenvalue weighted by molar-refractivity contribution is 5.80. The number of carbonyl (C=O) groups is 2. The Morgan fingerprint density at radius 3 is 2.20 bits per heavy atom. The highest BCUT2D eigenvalue weighted by Gasteiger charge is 2.18. The van der Waals surface area contributed by atoms with Gasteiger partial charge in [-0.3, -0.25) is 9.59 Å². The Labute approximate surface area is 149 Å². The molecule has 25 heavy (non-hydrogen) atoms. The molecule has 5 N–H and O–H groups in total. The molecule has 0 radical (unpaired) electrons. The largest absolute Gasteiger partial charge is 0.508 e. The summed E-state index contributed by atoms with van der Waals surface area (Å²) < 4.78 is 0. The van der Waals surface area contributed by atoms with E-state index in [0.717, 1.165) is 13.0 Å². The van der Waals surface area contributed by atoms with E-state index in [1.54, 1.807) is 6.07 Å². The van der Waals surface area contributed by atoms with Gasteiger partial charge in [-0.15, -0.1) is 0 Å². The monoisotopic (exact) mass is 354 g/mol. The van der Waals surface area contributed by atoms with Gasteiger partial charge in [0.1, 0.15) is 11.8 Å². The van der Waals surface area contributed by atoms with Crippen molar-refractivity contribution in [1.82, 2.24) is 4.90 Å². The first kappa shape index (κ1) is 22.9. The summed E-state index contributed by atoms with van der Waals surface area (Å²) in [4.78, 5) is 21.8. The van der Waals surface area contributed by atoms with Gasteiger partial charge in [0, 0.05) is 6.54 Å². The van der Waals surface area contributed by atoms with Crippen molar-refractivity contribution >= 4 is 11.9 Å².